The van der Waals surface area contributed by atoms with Crippen LogP contribution in [0.1, 0.15) is 16.3 Å². The summed E-state index contributed by atoms with van der Waals surface area (Å²) in [7, 11) is 0. The maximum absolute atomic E-state index is 13.0. The van der Waals surface area contributed by atoms with Gasteiger partial charge in [-0.3, -0.25) is 10.1 Å². The molecule has 4 rings (SSSR count). The van der Waals surface area contributed by atoms with E-state index in [1.807, 2.05) is 23.6 Å². The Hall–Kier alpha value is -2.56. The van der Waals surface area contributed by atoms with E-state index in [0.29, 0.717) is 17.3 Å². The molecule has 0 bridgehead atoms. The van der Waals surface area contributed by atoms with Gasteiger partial charge in [-0.25, -0.2) is 4.39 Å². The van der Waals surface area contributed by atoms with Gasteiger partial charge in [-0.05, 0) is 29.1 Å². The highest BCUT2D eigenvalue weighted by atomic mass is 32.2. The number of thiophene rings is 1. The van der Waals surface area contributed by atoms with Crippen LogP contribution in [0.3, 0.4) is 0 Å². The van der Waals surface area contributed by atoms with Crippen LogP contribution >= 0.6 is 34.4 Å². The largest absolute Gasteiger partial charge is 0.355 e. The predicted molar refractivity (Wildman–Crippen MR) is 114 cm³/mol. The van der Waals surface area contributed by atoms with Crippen molar-refractivity contribution < 1.29 is 13.7 Å². The molecule has 0 radical (unpaired) electrons. The molecule has 148 valence electrons. The van der Waals surface area contributed by atoms with Gasteiger partial charge in [-0.2, -0.15) is 0 Å². The third-order valence-electron chi connectivity index (χ3n) is 3.79. The first-order chi connectivity index (χ1) is 14.2. The average Bonchev–Trinajstić information content (AvgIpc) is 3.45. The molecule has 1 amide bonds. The average molecular weight is 447 g/mol. The Morgan fingerprint density at radius 2 is 2.07 bits per heavy atom. The van der Waals surface area contributed by atoms with Crippen molar-refractivity contribution in [2.75, 3.05) is 11.1 Å². The SMILES string of the molecule is O=C(CSCc1cc(-c2cccs2)on1)Nc1nnc(Cc2ccc(F)cc2)s1. The number of amides is 1. The second-order valence-electron chi connectivity index (χ2n) is 6.00. The van der Waals surface area contributed by atoms with Gasteiger partial charge in [0.25, 0.3) is 0 Å². The van der Waals surface area contributed by atoms with Crippen molar-refractivity contribution in [1.29, 1.82) is 0 Å². The van der Waals surface area contributed by atoms with Gasteiger partial charge in [-0.15, -0.1) is 33.3 Å². The molecule has 29 heavy (non-hydrogen) atoms. The molecule has 0 spiro atoms. The van der Waals surface area contributed by atoms with Gasteiger partial charge in [0.15, 0.2) is 5.76 Å². The van der Waals surface area contributed by atoms with Crippen LogP contribution in [0.25, 0.3) is 10.6 Å². The van der Waals surface area contributed by atoms with Gasteiger partial charge in [0.05, 0.1) is 16.3 Å². The van der Waals surface area contributed by atoms with Crippen molar-refractivity contribution in [3.63, 3.8) is 0 Å². The Labute approximate surface area is 178 Å². The maximum Gasteiger partial charge on any atom is 0.236 e. The predicted octanol–water partition coefficient (Wildman–Crippen LogP) is 4.86. The second-order valence-corrected chi connectivity index (χ2v) is 9.00. The Bertz CT molecular complexity index is 1080. The van der Waals surface area contributed by atoms with Gasteiger partial charge < -0.3 is 4.52 Å². The maximum atomic E-state index is 13.0. The summed E-state index contributed by atoms with van der Waals surface area (Å²) < 4.78 is 18.3. The summed E-state index contributed by atoms with van der Waals surface area (Å²) in [6.07, 6.45) is 0.543. The molecule has 1 N–H and O–H groups in total. The molecule has 1 aromatic carbocycles. The number of carbonyl (C=O) groups excluding carboxylic acids is 1. The van der Waals surface area contributed by atoms with Gasteiger partial charge in [-0.1, -0.05) is 34.7 Å². The number of halogens is 1. The standard InChI is InChI=1S/C19H15FN4O2S3/c20-13-5-3-12(4-6-13)8-18-22-23-19(29-18)21-17(25)11-27-10-14-9-15(26-24-14)16-2-1-7-28-16/h1-7,9H,8,10-11H2,(H,21,23,25). The Kier molecular flexibility index (Phi) is 6.33. The molecule has 0 aliphatic rings. The van der Waals surface area contributed by atoms with Crippen LogP contribution in [0.2, 0.25) is 0 Å². The van der Waals surface area contributed by atoms with E-state index >= 15 is 0 Å². The van der Waals surface area contributed by atoms with Crippen molar-refractivity contribution in [1.82, 2.24) is 15.4 Å². The highest BCUT2D eigenvalue weighted by Gasteiger charge is 2.11. The zero-order chi connectivity index (χ0) is 20.1. The molecule has 3 heterocycles. The van der Waals surface area contributed by atoms with E-state index in [0.717, 1.165) is 26.9 Å². The number of rotatable bonds is 8. The number of carbonyl (C=O) groups is 1. The summed E-state index contributed by atoms with van der Waals surface area (Å²) in [5.41, 5.74) is 1.73. The van der Waals surface area contributed by atoms with Gasteiger partial charge in [0.2, 0.25) is 11.0 Å². The second kappa shape index (κ2) is 9.29. The minimum Gasteiger partial charge on any atom is -0.355 e. The summed E-state index contributed by atoms with van der Waals surface area (Å²) >= 11 is 4.34. The Balaban J connectivity index is 1.23. The molecule has 0 aliphatic carbocycles. The molecular weight excluding hydrogens is 431 g/mol. The van der Waals surface area contributed by atoms with E-state index in [1.165, 1.54) is 35.2 Å². The molecule has 10 heteroatoms. The van der Waals surface area contributed by atoms with Gasteiger partial charge in [0, 0.05) is 18.2 Å². The van der Waals surface area contributed by atoms with E-state index in [1.54, 1.807) is 23.5 Å². The van der Waals surface area contributed by atoms with Crippen LogP contribution in [0, 0.1) is 5.82 Å². The van der Waals surface area contributed by atoms with Crippen molar-refractivity contribution in [2.24, 2.45) is 0 Å². The smallest absolute Gasteiger partial charge is 0.236 e. The van der Waals surface area contributed by atoms with Crippen molar-refractivity contribution >= 4 is 45.5 Å². The van der Waals surface area contributed by atoms with Crippen molar-refractivity contribution in [3.05, 3.63) is 69.9 Å². The lowest BCUT2D eigenvalue weighted by molar-refractivity contribution is -0.113. The number of thioether (sulfide) groups is 1. The van der Waals surface area contributed by atoms with E-state index in [4.69, 9.17) is 4.52 Å². The molecule has 3 aromatic heterocycles. The molecular formula is C19H15FN4O2S3. The highest BCUT2D eigenvalue weighted by molar-refractivity contribution is 7.99. The van der Waals surface area contributed by atoms with Crippen LogP contribution < -0.4 is 5.32 Å². The fourth-order valence-electron chi connectivity index (χ4n) is 2.47. The Morgan fingerprint density at radius 3 is 2.86 bits per heavy atom. The van der Waals surface area contributed by atoms with Gasteiger partial charge >= 0.3 is 0 Å². The number of nitrogens with zero attached hydrogens (tertiary/aromatic N) is 3. The van der Waals surface area contributed by atoms with Gasteiger partial charge in [0.1, 0.15) is 10.8 Å². The minimum absolute atomic E-state index is 0.151. The van der Waals surface area contributed by atoms with Crippen LogP contribution in [0.5, 0.6) is 0 Å². The quantitative estimate of drug-likeness (QED) is 0.416. The Morgan fingerprint density at radius 1 is 1.21 bits per heavy atom. The summed E-state index contributed by atoms with van der Waals surface area (Å²) in [6, 6.07) is 12.1. The minimum atomic E-state index is -0.273. The molecule has 0 aliphatic heterocycles. The number of aromatic nitrogens is 3. The first-order valence-electron chi connectivity index (χ1n) is 8.59. The fourth-order valence-corrected chi connectivity index (χ4v) is 4.64. The van der Waals surface area contributed by atoms with E-state index in [-0.39, 0.29) is 17.5 Å². The molecule has 0 atom stereocenters. The summed E-state index contributed by atoms with van der Waals surface area (Å²) in [4.78, 5) is 13.1. The number of hydrogen-bond acceptors (Lipinski definition) is 8. The number of benzene rings is 1. The number of hydrogen-bond donors (Lipinski definition) is 1. The van der Waals surface area contributed by atoms with E-state index in [9.17, 15) is 9.18 Å². The summed E-state index contributed by atoms with van der Waals surface area (Å²) in [5, 5.41) is 18.0. The number of nitrogens with one attached hydrogen (secondary N) is 1. The molecule has 0 saturated carbocycles. The summed E-state index contributed by atoms with van der Waals surface area (Å²) in [5.74, 6) is 1.16. The highest BCUT2D eigenvalue weighted by Crippen LogP contribution is 2.26. The van der Waals surface area contributed by atoms with Crippen molar-refractivity contribution in [3.8, 4) is 10.6 Å². The van der Waals surface area contributed by atoms with Crippen LogP contribution in [0.4, 0.5) is 9.52 Å². The van der Waals surface area contributed by atoms with E-state index < -0.39 is 0 Å². The lowest BCUT2D eigenvalue weighted by Gasteiger charge is -1.99. The topological polar surface area (TPSA) is 80.9 Å². The zero-order valence-corrected chi connectivity index (χ0v) is 17.5. The lowest BCUT2D eigenvalue weighted by atomic mass is 10.2. The fraction of sp³-hybridized carbons (Fsp3) is 0.158. The third-order valence-corrected chi connectivity index (χ3v) is 6.48. The van der Waals surface area contributed by atoms with Crippen LogP contribution in [-0.4, -0.2) is 27.0 Å². The van der Waals surface area contributed by atoms with Crippen LogP contribution in [-0.2, 0) is 17.0 Å². The first kappa shape index (κ1) is 19.7. The zero-order valence-electron chi connectivity index (χ0n) is 15.0. The molecule has 0 unspecified atom stereocenters. The van der Waals surface area contributed by atoms with E-state index in [2.05, 4.69) is 20.7 Å². The van der Waals surface area contributed by atoms with Crippen molar-refractivity contribution in [2.45, 2.75) is 12.2 Å². The third kappa shape index (κ3) is 5.49. The molecule has 6 nitrogen and oxygen atoms in total. The van der Waals surface area contributed by atoms with Crippen LogP contribution in [0.15, 0.2) is 52.4 Å². The molecule has 0 fully saturated rings. The first-order valence-corrected chi connectivity index (χ1v) is 11.4. The molecule has 4 aromatic rings. The monoisotopic (exact) mass is 446 g/mol. The summed E-state index contributed by atoms with van der Waals surface area (Å²) in [6.45, 7) is 0. The normalized spacial score (nSPS) is 10.9. The molecule has 0 saturated heterocycles. The number of anilines is 1. The lowest BCUT2D eigenvalue weighted by Crippen LogP contribution is -2.14.